The van der Waals surface area contributed by atoms with Crippen molar-refractivity contribution in [1.29, 1.82) is 0 Å². The fraction of sp³-hybridized carbons (Fsp3) is 0.423. The van der Waals surface area contributed by atoms with Crippen LogP contribution in [0.5, 0.6) is 0 Å². The average molecular weight is 392 g/mol. The zero-order valence-corrected chi connectivity index (χ0v) is 18.7. The standard InChI is InChI=1S/C26H37N3/c1-6-22-14-15-23(18-21(22)3)25(29-27)12-7-8-17-28-19-26(4,5)24-11-9-10-20(2)13-16-24/h7-11,13-16,18,20,28H,6,12,17,19,27H2,1-5H3/b8-7-,29-25+. The number of allylic oxidation sites excluding steroid dienone is 6. The first-order valence-corrected chi connectivity index (χ1v) is 10.7. The molecular formula is C26H37N3. The highest BCUT2D eigenvalue weighted by Crippen LogP contribution is 2.28. The second-order valence-corrected chi connectivity index (χ2v) is 8.49. The van der Waals surface area contributed by atoms with E-state index in [-0.39, 0.29) is 5.41 Å². The topological polar surface area (TPSA) is 50.4 Å². The zero-order chi connectivity index (χ0) is 21.3. The molecule has 0 saturated heterocycles. The van der Waals surface area contributed by atoms with Gasteiger partial charge in [-0.1, -0.05) is 82.4 Å². The Hall–Kier alpha value is -2.39. The molecule has 1 aliphatic rings. The Bertz CT molecular complexity index is 822. The van der Waals surface area contributed by atoms with E-state index in [9.17, 15) is 0 Å². The smallest absolute Gasteiger partial charge is 0.0710 e. The Labute approximate surface area is 177 Å². The number of aryl methyl sites for hydroxylation is 2. The summed E-state index contributed by atoms with van der Waals surface area (Å²) in [6, 6.07) is 6.48. The molecule has 156 valence electrons. The van der Waals surface area contributed by atoms with Crippen LogP contribution in [0.3, 0.4) is 0 Å². The van der Waals surface area contributed by atoms with Gasteiger partial charge in [0.05, 0.1) is 5.71 Å². The number of hydrazone groups is 1. The molecule has 0 bridgehead atoms. The highest BCUT2D eigenvalue weighted by Gasteiger charge is 2.21. The number of nitrogens with two attached hydrogens (primary N) is 1. The first-order chi connectivity index (χ1) is 13.9. The molecule has 0 radical (unpaired) electrons. The Kier molecular flexibility index (Phi) is 8.66. The average Bonchev–Trinajstić information content (AvgIpc) is 2.92. The van der Waals surface area contributed by atoms with Crippen molar-refractivity contribution in [3.63, 3.8) is 0 Å². The summed E-state index contributed by atoms with van der Waals surface area (Å²) in [4.78, 5) is 0. The lowest BCUT2D eigenvalue weighted by Crippen LogP contribution is -2.30. The van der Waals surface area contributed by atoms with E-state index in [4.69, 9.17) is 5.84 Å². The molecule has 0 aromatic heterocycles. The first-order valence-electron chi connectivity index (χ1n) is 10.7. The lowest BCUT2D eigenvalue weighted by Gasteiger charge is -2.26. The molecule has 0 amide bonds. The summed E-state index contributed by atoms with van der Waals surface area (Å²) in [7, 11) is 0. The molecule has 1 aliphatic carbocycles. The molecule has 1 aromatic rings. The minimum Gasteiger partial charge on any atom is -0.323 e. The maximum Gasteiger partial charge on any atom is 0.0710 e. The van der Waals surface area contributed by atoms with Crippen LogP contribution in [0.4, 0.5) is 0 Å². The maximum atomic E-state index is 5.65. The Morgan fingerprint density at radius 1 is 1.24 bits per heavy atom. The van der Waals surface area contributed by atoms with E-state index in [1.165, 1.54) is 16.7 Å². The lowest BCUT2D eigenvalue weighted by atomic mass is 9.83. The van der Waals surface area contributed by atoms with Crippen molar-refractivity contribution in [3.05, 3.63) is 83.0 Å². The molecule has 0 saturated carbocycles. The molecule has 0 aliphatic heterocycles. The van der Waals surface area contributed by atoms with E-state index >= 15 is 0 Å². The molecule has 3 N–H and O–H groups in total. The third-order valence-electron chi connectivity index (χ3n) is 5.57. The number of nitrogens with zero attached hydrogens (tertiary/aromatic N) is 1. The molecule has 3 nitrogen and oxygen atoms in total. The molecule has 29 heavy (non-hydrogen) atoms. The fourth-order valence-electron chi connectivity index (χ4n) is 3.53. The molecule has 0 fully saturated rings. The number of rotatable bonds is 9. The molecule has 0 heterocycles. The summed E-state index contributed by atoms with van der Waals surface area (Å²) in [5, 5.41) is 7.57. The van der Waals surface area contributed by atoms with E-state index in [1.807, 2.05) is 0 Å². The Morgan fingerprint density at radius 2 is 2.03 bits per heavy atom. The number of nitrogens with one attached hydrogen (secondary N) is 1. The van der Waals surface area contributed by atoms with Gasteiger partial charge in [0.25, 0.3) is 0 Å². The van der Waals surface area contributed by atoms with Gasteiger partial charge in [0.15, 0.2) is 0 Å². The molecule has 3 heteroatoms. The van der Waals surface area contributed by atoms with Crippen molar-refractivity contribution in [2.75, 3.05) is 13.1 Å². The summed E-state index contributed by atoms with van der Waals surface area (Å²) in [5.74, 6) is 6.14. The van der Waals surface area contributed by atoms with Crippen LogP contribution in [0.15, 0.2) is 71.4 Å². The molecule has 1 aromatic carbocycles. The van der Waals surface area contributed by atoms with Gasteiger partial charge >= 0.3 is 0 Å². The zero-order valence-electron chi connectivity index (χ0n) is 18.7. The fourth-order valence-corrected chi connectivity index (χ4v) is 3.53. The summed E-state index contributed by atoms with van der Waals surface area (Å²) >= 11 is 0. The third-order valence-corrected chi connectivity index (χ3v) is 5.57. The van der Waals surface area contributed by atoms with Crippen LogP contribution in [0.25, 0.3) is 0 Å². The Morgan fingerprint density at radius 3 is 2.72 bits per heavy atom. The summed E-state index contributed by atoms with van der Waals surface area (Å²) in [5.41, 5.74) is 6.14. The van der Waals surface area contributed by atoms with Crippen LogP contribution in [0, 0.1) is 18.3 Å². The van der Waals surface area contributed by atoms with Gasteiger partial charge in [-0.05, 0) is 47.6 Å². The second kappa shape index (κ2) is 11.0. The van der Waals surface area contributed by atoms with Crippen LogP contribution >= 0.6 is 0 Å². The SMILES string of the molecule is CCc1ccc(/C(C/C=C\CNCC(C)(C)C2=CC=CC(C)C=C2)=N/N)cc1C. The first kappa shape index (κ1) is 22.9. The monoisotopic (exact) mass is 391 g/mol. The van der Waals surface area contributed by atoms with Gasteiger partial charge in [-0.3, -0.25) is 0 Å². The second-order valence-electron chi connectivity index (χ2n) is 8.49. The molecule has 0 spiro atoms. The quantitative estimate of drug-likeness (QED) is 0.193. The predicted molar refractivity (Wildman–Crippen MR) is 127 cm³/mol. The molecular weight excluding hydrogens is 354 g/mol. The molecule has 1 atom stereocenters. The van der Waals surface area contributed by atoms with Gasteiger partial charge in [-0.15, -0.1) is 0 Å². The van der Waals surface area contributed by atoms with Crippen LogP contribution in [-0.4, -0.2) is 18.8 Å². The maximum absolute atomic E-state index is 5.65. The van der Waals surface area contributed by atoms with E-state index < -0.39 is 0 Å². The van der Waals surface area contributed by atoms with E-state index in [0.29, 0.717) is 5.92 Å². The summed E-state index contributed by atoms with van der Waals surface area (Å²) in [6.07, 6.45) is 17.2. The number of benzene rings is 1. The van der Waals surface area contributed by atoms with Crippen LogP contribution in [-0.2, 0) is 6.42 Å². The van der Waals surface area contributed by atoms with Gasteiger partial charge in [0, 0.05) is 24.9 Å². The Balaban J connectivity index is 1.84. The van der Waals surface area contributed by atoms with Crippen molar-refractivity contribution >= 4 is 5.71 Å². The predicted octanol–water partition coefficient (Wildman–Crippen LogP) is 5.47. The normalized spacial score (nSPS) is 17.6. The van der Waals surface area contributed by atoms with Gasteiger partial charge in [0.2, 0.25) is 0 Å². The van der Waals surface area contributed by atoms with Crippen LogP contribution in [0.1, 0.15) is 50.8 Å². The lowest BCUT2D eigenvalue weighted by molar-refractivity contribution is 0.426. The molecule has 1 unspecified atom stereocenters. The van der Waals surface area contributed by atoms with Crippen molar-refractivity contribution < 1.29 is 0 Å². The van der Waals surface area contributed by atoms with Gasteiger partial charge < -0.3 is 11.2 Å². The van der Waals surface area contributed by atoms with Gasteiger partial charge in [-0.25, -0.2) is 0 Å². The highest BCUT2D eigenvalue weighted by molar-refractivity contribution is 6.01. The minimum absolute atomic E-state index is 0.0845. The largest absolute Gasteiger partial charge is 0.323 e. The van der Waals surface area contributed by atoms with E-state index in [2.05, 4.69) is 106 Å². The van der Waals surface area contributed by atoms with Crippen LogP contribution in [0.2, 0.25) is 0 Å². The number of hydrogen-bond donors (Lipinski definition) is 2. The van der Waals surface area contributed by atoms with Crippen molar-refractivity contribution in [1.82, 2.24) is 5.32 Å². The highest BCUT2D eigenvalue weighted by atomic mass is 15.1. The van der Waals surface area contributed by atoms with E-state index in [1.54, 1.807) is 0 Å². The van der Waals surface area contributed by atoms with Crippen molar-refractivity contribution in [2.45, 2.75) is 47.5 Å². The van der Waals surface area contributed by atoms with Gasteiger partial charge in [-0.2, -0.15) is 5.10 Å². The van der Waals surface area contributed by atoms with Crippen molar-refractivity contribution in [3.8, 4) is 0 Å². The summed E-state index contributed by atoms with van der Waals surface area (Å²) < 4.78 is 0. The third kappa shape index (κ3) is 6.86. The summed E-state index contributed by atoms with van der Waals surface area (Å²) in [6.45, 7) is 12.8. The van der Waals surface area contributed by atoms with Crippen molar-refractivity contribution in [2.24, 2.45) is 22.3 Å². The van der Waals surface area contributed by atoms with E-state index in [0.717, 1.165) is 37.2 Å². The molecule has 2 rings (SSSR count). The minimum atomic E-state index is 0.0845. The van der Waals surface area contributed by atoms with Gasteiger partial charge in [0.1, 0.15) is 0 Å². The number of hydrogen-bond acceptors (Lipinski definition) is 3. The van der Waals surface area contributed by atoms with Crippen LogP contribution < -0.4 is 11.2 Å².